The predicted octanol–water partition coefficient (Wildman–Crippen LogP) is 0.981. The number of phenols is 1. The second kappa shape index (κ2) is 12.1. The molecule has 3 rings (SSSR count). The molecule has 2 heterocycles. The van der Waals surface area contributed by atoms with Crippen molar-refractivity contribution in [3.8, 4) is 5.75 Å². The molecule has 4 N–H and O–H groups in total. The Hall–Kier alpha value is -3.02. The average Bonchev–Trinajstić information content (AvgIpc) is 3.15. The molecule has 2 fully saturated rings. The molecule has 35 heavy (non-hydrogen) atoms. The molecule has 2 aliphatic rings. The fourth-order valence-corrected chi connectivity index (χ4v) is 3.58. The monoisotopic (exact) mass is 490 g/mol. The summed E-state index contributed by atoms with van der Waals surface area (Å²) in [5, 5.41) is 39.9. The number of aromatic hydroxyl groups is 1. The van der Waals surface area contributed by atoms with Crippen LogP contribution in [0, 0.1) is 0 Å². The normalized spacial score (nSPS) is 29.9. The van der Waals surface area contributed by atoms with Gasteiger partial charge in [-0.2, -0.15) is 0 Å². The first-order chi connectivity index (χ1) is 16.6. The summed E-state index contributed by atoms with van der Waals surface area (Å²) in [6, 6.07) is 6.15. The molecule has 1 aromatic carbocycles. The number of aliphatic hydroxyl groups is 3. The summed E-state index contributed by atoms with van der Waals surface area (Å²) >= 11 is 0. The van der Waals surface area contributed by atoms with E-state index in [-0.39, 0.29) is 18.5 Å². The second-order valence-electron chi connectivity index (χ2n) is 8.52. The van der Waals surface area contributed by atoms with Crippen LogP contribution < -0.4 is 0 Å². The van der Waals surface area contributed by atoms with Gasteiger partial charge in [-0.15, -0.1) is 0 Å². The van der Waals surface area contributed by atoms with Gasteiger partial charge in [0.25, 0.3) is 0 Å². The molecular formula is C25H30O10. The van der Waals surface area contributed by atoms with Gasteiger partial charge in [-0.1, -0.05) is 17.7 Å². The molecule has 0 unspecified atom stereocenters. The lowest BCUT2D eigenvalue weighted by Crippen LogP contribution is -2.59. The molecule has 10 nitrogen and oxygen atoms in total. The number of benzene rings is 1. The van der Waals surface area contributed by atoms with Crippen molar-refractivity contribution < 1.29 is 49.0 Å². The topological polar surface area (TPSA) is 152 Å². The summed E-state index contributed by atoms with van der Waals surface area (Å²) in [5.74, 6) is -1.08. The smallest absolute Gasteiger partial charge is 0.334 e. The third kappa shape index (κ3) is 7.48. The number of hydrogen-bond donors (Lipinski definition) is 4. The zero-order valence-corrected chi connectivity index (χ0v) is 19.4. The number of esters is 2. The highest BCUT2D eigenvalue weighted by molar-refractivity contribution is 5.91. The summed E-state index contributed by atoms with van der Waals surface area (Å²) in [4.78, 5) is 24.0. The molecule has 2 aliphatic heterocycles. The van der Waals surface area contributed by atoms with E-state index < -0.39 is 49.3 Å². The lowest BCUT2D eigenvalue weighted by Gasteiger charge is -2.39. The van der Waals surface area contributed by atoms with Crippen LogP contribution in [0.25, 0.3) is 6.08 Å². The summed E-state index contributed by atoms with van der Waals surface area (Å²) < 4.78 is 21.3. The van der Waals surface area contributed by atoms with Gasteiger partial charge in [0.1, 0.15) is 42.9 Å². The number of cyclic esters (lactones) is 1. The number of aliphatic hydroxyl groups excluding tert-OH is 3. The molecule has 0 aliphatic carbocycles. The Morgan fingerprint density at radius 1 is 1.11 bits per heavy atom. The first kappa shape index (κ1) is 26.6. The van der Waals surface area contributed by atoms with Gasteiger partial charge in [0, 0.05) is 18.1 Å². The Morgan fingerprint density at radius 2 is 1.83 bits per heavy atom. The van der Waals surface area contributed by atoms with Crippen LogP contribution in [0.15, 0.2) is 53.6 Å². The Labute approximate surface area is 202 Å². The first-order valence-corrected chi connectivity index (χ1v) is 11.1. The van der Waals surface area contributed by atoms with E-state index in [1.54, 1.807) is 12.1 Å². The number of carbonyl (C=O) groups is 2. The van der Waals surface area contributed by atoms with Crippen molar-refractivity contribution in [1.82, 2.24) is 0 Å². The Bertz CT molecular complexity index is 976. The molecule has 0 aromatic heterocycles. The maximum Gasteiger partial charge on any atom is 0.334 e. The Kier molecular flexibility index (Phi) is 9.19. The minimum absolute atomic E-state index is 0.0953. The van der Waals surface area contributed by atoms with Gasteiger partial charge in [0.2, 0.25) is 0 Å². The summed E-state index contributed by atoms with van der Waals surface area (Å²) in [7, 11) is 0. The molecule has 0 saturated carbocycles. The summed E-state index contributed by atoms with van der Waals surface area (Å²) in [6.45, 7) is 3.29. The fourth-order valence-electron chi connectivity index (χ4n) is 3.58. The van der Waals surface area contributed by atoms with Crippen LogP contribution in [-0.2, 0) is 28.5 Å². The zero-order valence-electron chi connectivity index (χ0n) is 19.4. The summed E-state index contributed by atoms with van der Waals surface area (Å²) in [5.41, 5.74) is 2.10. The van der Waals surface area contributed by atoms with Crippen LogP contribution in [0.3, 0.4) is 0 Å². The van der Waals surface area contributed by atoms with E-state index in [9.17, 15) is 30.0 Å². The Balaban J connectivity index is 1.52. The minimum atomic E-state index is -1.60. The fraction of sp³-hybridized carbons (Fsp3) is 0.440. The van der Waals surface area contributed by atoms with Gasteiger partial charge in [0.05, 0.1) is 6.61 Å². The quantitative estimate of drug-likeness (QED) is 0.236. The van der Waals surface area contributed by atoms with E-state index in [1.807, 2.05) is 19.9 Å². The molecule has 6 atom stereocenters. The van der Waals surface area contributed by atoms with Crippen molar-refractivity contribution >= 4 is 18.0 Å². The molecule has 0 spiro atoms. The van der Waals surface area contributed by atoms with Crippen molar-refractivity contribution in [3.05, 3.63) is 59.2 Å². The van der Waals surface area contributed by atoms with Crippen LogP contribution in [-0.4, -0.2) is 82.4 Å². The third-order valence-electron chi connectivity index (χ3n) is 5.41. The zero-order chi connectivity index (χ0) is 25.5. The first-order valence-electron chi connectivity index (χ1n) is 11.1. The van der Waals surface area contributed by atoms with E-state index in [2.05, 4.69) is 0 Å². The highest BCUT2D eigenvalue weighted by Crippen LogP contribution is 2.25. The van der Waals surface area contributed by atoms with Crippen LogP contribution in [0.4, 0.5) is 0 Å². The van der Waals surface area contributed by atoms with Gasteiger partial charge in [0.15, 0.2) is 6.29 Å². The highest BCUT2D eigenvalue weighted by atomic mass is 16.7. The number of hydrogen-bond acceptors (Lipinski definition) is 10. The third-order valence-corrected chi connectivity index (χ3v) is 5.41. The maximum absolute atomic E-state index is 12.0. The predicted molar refractivity (Wildman–Crippen MR) is 123 cm³/mol. The molecule has 190 valence electrons. The summed E-state index contributed by atoms with van der Waals surface area (Å²) in [6.07, 6.45) is -1.11. The number of ether oxygens (including phenoxy) is 4. The van der Waals surface area contributed by atoms with Crippen molar-refractivity contribution in [2.24, 2.45) is 0 Å². The molecule has 0 bridgehead atoms. The van der Waals surface area contributed by atoms with Crippen molar-refractivity contribution in [2.45, 2.75) is 57.1 Å². The SMILES string of the molecule is CC(C)=C[C@@H]1C/C(=C\CO[C@H]2O[C@@H](COC(=O)/C=C/c3ccc(O)cc3)[C@H](O)[C@@H](O)[C@@H]2O)C(=O)O1. The second-order valence-corrected chi connectivity index (χ2v) is 8.52. The van der Waals surface area contributed by atoms with Crippen LogP contribution >= 0.6 is 0 Å². The average molecular weight is 491 g/mol. The maximum atomic E-state index is 12.0. The number of carbonyl (C=O) groups excluding carboxylic acids is 2. The molecule has 2 saturated heterocycles. The molecule has 0 radical (unpaired) electrons. The minimum Gasteiger partial charge on any atom is -0.508 e. The van der Waals surface area contributed by atoms with Gasteiger partial charge >= 0.3 is 11.9 Å². The van der Waals surface area contributed by atoms with E-state index in [0.29, 0.717) is 17.6 Å². The standard InChI is InChI=1S/C25H30O10/c1-14(2)11-18-12-16(24(31)34-18)9-10-32-25-23(30)22(29)21(28)19(35-25)13-33-20(27)8-5-15-3-6-17(26)7-4-15/h3-9,11,18-19,21-23,25-26,28-30H,10,12-13H2,1-2H3/b8-5+,16-9+/t18-,19+,21+,22-,23+,25+/m1/s1. The van der Waals surface area contributed by atoms with Crippen molar-refractivity contribution in [2.75, 3.05) is 13.2 Å². The number of allylic oxidation sites excluding steroid dienone is 1. The lowest BCUT2D eigenvalue weighted by atomic mass is 9.99. The largest absolute Gasteiger partial charge is 0.508 e. The number of rotatable bonds is 8. The van der Waals surface area contributed by atoms with Gasteiger partial charge in [-0.25, -0.2) is 9.59 Å². The molecule has 1 aromatic rings. The van der Waals surface area contributed by atoms with Crippen LogP contribution in [0.2, 0.25) is 0 Å². The Morgan fingerprint density at radius 3 is 2.51 bits per heavy atom. The van der Waals surface area contributed by atoms with Crippen molar-refractivity contribution in [3.63, 3.8) is 0 Å². The highest BCUT2D eigenvalue weighted by Gasteiger charge is 2.44. The lowest BCUT2D eigenvalue weighted by molar-refractivity contribution is -0.299. The van der Waals surface area contributed by atoms with Crippen LogP contribution in [0.1, 0.15) is 25.8 Å². The molecule has 0 amide bonds. The van der Waals surface area contributed by atoms with Gasteiger partial charge in [-0.05, 0) is 49.8 Å². The van der Waals surface area contributed by atoms with E-state index in [1.165, 1.54) is 24.3 Å². The van der Waals surface area contributed by atoms with Gasteiger partial charge < -0.3 is 39.4 Å². The van der Waals surface area contributed by atoms with E-state index in [0.717, 1.165) is 11.6 Å². The van der Waals surface area contributed by atoms with Crippen LogP contribution in [0.5, 0.6) is 5.75 Å². The molecular weight excluding hydrogens is 460 g/mol. The van der Waals surface area contributed by atoms with Gasteiger partial charge in [-0.3, -0.25) is 0 Å². The number of phenolic OH excluding ortho intramolecular Hbond substituents is 1. The van der Waals surface area contributed by atoms with Crippen molar-refractivity contribution in [1.29, 1.82) is 0 Å². The van der Waals surface area contributed by atoms with E-state index >= 15 is 0 Å². The molecule has 10 heteroatoms. The van der Waals surface area contributed by atoms with E-state index in [4.69, 9.17) is 18.9 Å².